The van der Waals surface area contributed by atoms with Crippen LogP contribution in [0.2, 0.25) is 5.02 Å². The molecule has 1 aromatic carbocycles. The molecule has 0 radical (unpaired) electrons. The van der Waals surface area contributed by atoms with Gasteiger partial charge in [-0.1, -0.05) is 18.5 Å². The Morgan fingerprint density at radius 2 is 2.00 bits per heavy atom. The number of ketones is 1. The van der Waals surface area contributed by atoms with E-state index in [4.69, 9.17) is 42.2 Å². The Kier molecular flexibility index (Phi) is 17.4. The van der Waals surface area contributed by atoms with Gasteiger partial charge in [-0.3, -0.25) is 14.4 Å². The van der Waals surface area contributed by atoms with Gasteiger partial charge in [0.1, 0.15) is 17.3 Å². The number of nitrogens with two attached hydrogens (primary N) is 1. The van der Waals surface area contributed by atoms with Crippen molar-refractivity contribution in [1.82, 2.24) is 0 Å². The van der Waals surface area contributed by atoms with Crippen LogP contribution in [0.25, 0.3) is 0 Å². The van der Waals surface area contributed by atoms with Crippen molar-refractivity contribution in [2.75, 3.05) is 20.8 Å². The Labute approximate surface area is 222 Å². The number of methoxy groups -OCH3 is 1. The maximum atomic E-state index is 11.4. The lowest BCUT2D eigenvalue weighted by molar-refractivity contribution is -0.164. The summed E-state index contributed by atoms with van der Waals surface area (Å²) in [6, 6.07) is 1.40. The van der Waals surface area contributed by atoms with Crippen molar-refractivity contribution in [3.63, 3.8) is 0 Å². The molecule has 1 aromatic rings. The van der Waals surface area contributed by atoms with E-state index in [-0.39, 0.29) is 58.3 Å². The third-order valence-electron chi connectivity index (χ3n) is 5.33. The lowest BCUT2D eigenvalue weighted by Crippen LogP contribution is -2.38. The Morgan fingerprint density at radius 1 is 1.35 bits per heavy atom. The van der Waals surface area contributed by atoms with E-state index in [9.17, 15) is 19.8 Å². The van der Waals surface area contributed by atoms with Crippen LogP contribution >= 0.6 is 11.6 Å². The molecule has 210 valence electrons. The zero-order valence-corrected chi connectivity index (χ0v) is 22.5. The zero-order chi connectivity index (χ0) is 28.4. The molecule has 37 heavy (non-hydrogen) atoms. The number of aldehydes is 1. The number of benzene rings is 1. The van der Waals surface area contributed by atoms with Crippen LogP contribution in [0.1, 0.15) is 68.3 Å². The van der Waals surface area contributed by atoms with Gasteiger partial charge in [0.2, 0.25) is 0 Å². The van der Waals surface area contributed by atoms with Crippen molar-refractivity contribution >= 4 is 29.9 Å². The predicted octanol–water partition coefficient (Wildman–Crippen LogP) is 3.65. The third-order valence-corrected chi connectivity index (χ3v) is 5.71. The molecule has 0 amide bonds. The number of hydrogen-bond donors (Lipinski definition) is 5. The first-order valence-corrected chi connectivity index (χ1v) is 12.1. The molecule has 2 aliphatic rings. The second-order valence-electron chi connectivity index (χ2n) is 7.94. The van der Waals surface area contributed by atoms with E-state index in [1.54, 1.807) is 6.92 Å². The second kappa shape index (κ2) is 18.7. The molecule has 1 heterocycles. The fraction of sp³-hybridized carbons (Fsp3) is 0.560. The quantitative estimate of drug-likeness (QED) is 0.192. The molecule has 1 saturated heterocycles. The molecule has 6 N–H and O–H groups in total. The summed E-state index contributed by atoms with van der Waals surface area (Å²) in [4.78, 5) is 27.0. The van der Waals surface area contributed by atoms with Crippen LogP contribution in [0, 0.1) is 5.41 Å². The van der Waals surface area contributed by atoms with Crippen molar-refractivity contribution in [3.8, 4) is 11.5 Å². The summed E-state index contributed by atoms with van der Waals surface area (Å²) in [7, 11) is 2.39. The van der Waals surface area contributed by atoms with Crippen molar-refractivity contribution in [2.45, 2.75) is 70.9 Å². The Bertz CT molecular complexity index is 889. The summed E-state index contributed by atoms with van der Waals surface area (Å²) in [6.45, 7) is 3.90. The van der Waals surface area contributed by atoms with Gasteiger partial charge in [-0.05, 0) is 38.5 Å². The molecule has 1 aliphatic carbocycles. The molecule has 0 aromatic heterocycles. The molecule has 11 nitrogen and oxygen atoms in total. The molecule has 0 spiro atoms. The maximum Gasteiger partial charge on any atom is 0.176 e. The molecule has 3 rings (SSSR count). The van der Waals surface area contributed by atoms with Gasteiger partial charge in [0.15, 0.2) is 24.0 Å². The first kappa shape index (κ1) is 34.5. The van der Waals surface area contributed by atoms with E-state index in [2.05, 4.69) is 4.84 Å². The van der Waals surface area contributed by atoms with Gasteiger partial charge in [-0.15, -0.1) is 0 Å². The normalized spacial score (nSPS) is 20.4. The lowest BCUT2D eigenvalue weighted by Gasteiger charge is -2.33. The zero-order valence-electron chi connectivity index (χ0n) is 21.8. The smallest absolute Gasteiger partial charge is 0.176 e. The molecular formula is C25H39ClN2O9. The first-order valence-electron chi connectivity index (χ1n) is 11.7. The van der Waals surface area contributed by atoms with Gasteiger partial charge in [-0.25, -0.2) is 5.90 Å². The lowest BCUT2D eigenvalue weighted by atomic mass is 9.89. The average molecular weight is 547 g/mol. The molecule has 1 unspecified atom stereocenters. The minimum atomic E-state index is -1.19. The van der Waals surface area contributed by atoms with Crippen molar-refractivity contribution < 1.29 is 44.0 Å². The van der Waals surface area contributed by atoms with Crippen molar-refractivity contribution in [1.29, 1.82) is 5.41 Å². The highest BCUT2D eigenvalue weighted by Crippen LogP contribution is 2.42. The van der Waals surface area contributed by atoms with Gasteiger partial charge >= 0.3 is 0 Å². The summed E-state index contributed by atoms with van der Waals surface area (Å²) in [5.74, 6) is 4.74. The van der Waals surface area contributed by atoms with Crippen LogP contribution < -0.4 is 15.4 Å². The highest BCUT2D eigenvalue weighted by atomic mass is 35.5. The van der Waals surface area contributed by atoms with Crippen LogP contribution in [0.5, 0.6) is 11.5 Å². The average Bonchev–Trinajstić information content (AvgIpc) is 2.94. The highest BCUT2D eigenvalue weighted by Gasteiger charge is 2.37. The minimum Gasteiger partial charge on any atom is -0.508 e. The monoisotopic (exact) mass is 546 g/mol. The number of rotatable bonds is 7. The van der Waals surface area contributed by atoms with Gasteiger partial charge in [0.05, 0.1) is 24.3 Å². The minimum absolute atomic E-state index is 0.00998. The summed E-state index contributed by atoms with van der Waals surface area (Å²) in [5.41, 5.74) is -0.794. The molecule has 0 saturated carbocycles. The van der Waals surface area contributed by atoms with Gasteiger partial charge in [0, 0.05) is 44.6 Å². The van der Waals surface area contributed by atoms with Crippen molar-refractivity contribution in [3.05, 3.63) is 34.1 Å². The van der Waals surface area contributed by atoms with Crippen LogP contribution in [-0.2, 0) is 21.0 Å². The van der Waals surface area contributed by atoms with Crippen LogP contribution in [0.4, 0.5) is 0 Å². The molecule has 12 heteroatoms. The van der Waals surface area contributed by atoms with E-state index in [1.807, 2.05) is 6.92 Å². The standard InChI is InChI=1S/C16H17ClO6.C5H11NO2.C3H7N.CH4O/c1-16(4-3-10(20)6-13(16)21)23-15-11(8-19)12(22-2)5-9(7-18)14(15)17;6-8-5-3-1-2-4-7-5;1-2-3-4;1-2/h5-7,19,21H,3-4,8H2,1-2H3;5H,1-4,6H2;3-4H,2H2,1H3;2H,1H3/t16-;;;/m0.../s1. The molecule has 0 bridgehead atoms. The maximum absolute atomic E-state index is 11.4. The summed E-state index contributed by atoms with van der Waals surface area (Å²) in [6.07, 6.45) is 7.44. The summed E-state index contributed by atoms with van der Waals surface area (Å²) >= 11 is 6.19. The number of ether oxygens (including phenoxy) is 3. The van der Waals surface area contributed by atoms with E-state index in [0.717, 1.165) is 39.1 Å². The van der Waals surface area contributed by atoms with E-state index < -0.39 is 12.2 Å². The van der Waals surface area contributed by atoms with Gasteiger partial charge < -0.3 is 34.9 Å². The SMILES string of the molecule is CCC=N.CO.COc1cc(C=O)c(Cl)c(O[C@@]2(C)CCC(=O)C=C2O)c1CO.NOC1CCCCO1. The molecule has 1 fully saturated rings. The number of aliphatic hydroxyl groups excluding tert-OH is 3. The number of nitrogens with one attached hydrogen (secondary N) is 1. The number of halogens is 1. The number of carbonyl (C=O) groups excluding carboxylic acids is 2. The van der Waals surface area contributed by atoms with E-state index in [0.29, 0.717) is 6.29 Å². The summed E-state index contributed by atoms with van der Waals surface area (Å²) < 4.78 is 16.1. The van der Waals surface area contributed by atoms with E-state index >= 15 is 0 Å². The summed E-state index contributed by atoms with van der Waals surface area (Å²) in [5, 5.41) is 33.0. The number of carbonyl (C=O) groups is 2. The van der Waals surface area contributed by atoms with Gasteiger partial charge in [-0.2, -0.15) is 0 Å². The largest absolute Gasteiger partial charge is 0.508 e. The number of aliphatic hydroxyl groups is 3. The predicted molar refractivity (Wildman–Crippen MR) is 139 cm³/mol. The van der Waals surface area contributed by atoms with Crippen LogP contribution in [0.3, 0.4) is 0 Å². The number of hydrogen-bond acceptors (Lipinski definition) is 11. The number of allylic oxidation sites excluding steroid dienone is 1. The van der Waals surface area contributed by atoms with Crippen LogP contribution in [-0.4, -0.2) is 66.3 Å². The first-order chi connectivity index (χ1) is 17.7. The highest BCUT2D eigenvalue weighted by molar-refractivity contribution is 6.34. The fourth-order valence-corrected chi connectivity index (χ4v) is 3.46. The van der Waals surface area contributed by atoms with Gasteiger partial charge in [0.25, 0.3) is 0 Å². The van der Waals surface area contributed by atoms with Crippen LogP contribution in [0.15, 0.2) is 17.9 Å². The Balaban J connectivity index is 0.000000759. The Morgan fingerprint density at radius 3 is 2.41 bits per heavy atom. The van der Waals surface area contributed by atoms with Crippen molar-refractivity contribution in [2.24, 2.45) is 5.90 Å². The molecule has 1 aliphatic heterocycles. The molecular weight excluding hydrogens is 508 g/mol. The van der Waals surface area contributed by atoms with E-state index in [1.165, 1.54) is 25.8 Å². The molecule has 2 atom stereocenters. The topological polar surface area (TPSA) is 182 Å². The fourth-order valence-electron chi connectivity index (χ4n) is 3.21. The third kappa shape index (κ3) is 10.8. The Hall–Kier alpha value is -2.54. The second-order valence-corrected chi connectivity index (χ2v) is 8.32.